The standard InChI is InChI=1S/C23H20ClN3O4S/c1-32(30,31)22-12-17(25-23(29)10-16-4-2-3-5-20(16)24)11-21-19(22)14-27(26-21)13-15-6-8-18(28)9-7-15/h2-9,11-12,14,28H,10,13H2,1H3,(H,25,29). The Morgan fingerprint density at radius 3 is 2.53 bits per heavy atom. The fraction of sp³-hybridized carbons (Fsp3) is 0.130. The molecule has 7 nitrogen and oxygen atoms in total. The molecule has 1 aromatic heterocycles. The lowest BCUT2D eigenvalue weighted by molar-refractivity contribution is -0.115. The van der Waals surface area contributed by atoms with Gasteiger partial charge in [0.15, 0.2) is 9.84 Å². The van der Waals surface area contributed by atoms with E-state index in [1.54, 1.807) is 65.5 Å². The zero-order valence-electron chi connectivity index (χ0n) is 17.1. The van der Waals surface area contributed by atoms with E-state index in [0.717, 1.165) is 11.8 Å². The van der Waals surface area contributed by atoms with Crippen LogP contribution in [0.3, 0.4) is 0 Å². The first-order valence-electron chi connectivity index (χ1n) is 9.71. The largest absolute Gasteiger partial charge is 0.508 e. The number of carbonyl (C=O) groups is 1. The third-order valence-corrected chi connectivity index (χ3v) is 6.41. The predicted octanol–water partition coefficient (Wildman–Crippen LogP) is 4.03. The zero-order chi connectivity index (χ0) is 22.9. The molecule has 0 spiro atoms. The highest BCUT2D eigenvalue weighted by Gasteiger charge is 2.18. The summed E-state index contributed by atoms with van der Waals surface area (Å²) in [5, 5.41) is 17.6. The molecule has 0 fully saturated rings. The highest BCUT2D eigenvalue weighted by molar-refractivity contribution is 7.91. The molecule has 0 atom stereocenters. The number of nitrogens with zero attached hydrogens (tertiary/aromatic N) is 2. The van der Waals surface area contributed by atoms with Gasteiger partial charge in [0.2, 0.25) is 5.91 Å². The van der Waals surface area contributed by atoms with Crippen LogP contribution in [0.4, 0.5) is 5.69 Å². The average molecular weight is 470 g/mol. The van der Waals surface area contributed by atoms with Crippen molar-refractivity contribution in [3.05, 3.63) is 83.0 Å². The number of phenolic OH excluding ortho intramolecular Hbond substituents is 1. The van der Waals surface area contributed by atoms with Crippen molar-refractivity contribution in [2.75, 3.05) is 11.6 Å². The monoisotopic (exact) mass is 469 g/mol. The van der Waals surface area contributed by atoms with Gasteiger partial charge >= 0.3 is 0 Å². The molecule has 164 valence electrons. The van der Waals surface area contributed by atoms with Crippen LogP contribution in [0.2, 0.25) is 5.02 Å². The SMILES string of the molecule is CS(=O)(=O)c1cc(NC(=O)Cc2ccccc2Cl)cc2nn(Cc3ccc(O)cc3)cc12. The number of sulfone groups is 1. The van der Waals surface area contributed by atoms with E-state index in [-0.39, 0.29) is 23.0 Å². The van der Waals surface area contributed by atoms with Gasteiger partial charge in [-0.2, -0.15) is 5.10 Å². The Morgan fingerprint density at radius 2 is 1.84 bits per heavy atom. The molecule has 3 aromatic carbocycles. The molecule has 0 bridgehead atoms. The number of rotatable bonds is 6. The Balaban J connectivity index is 1.65. The van der Waals surface area contributed by atoms with Crippen molar-refractivity contribution in [2.24, 2.45) is 0 Å². The molecule has 0 unspecified atom stereocenters. The summed E-state index contributed by atoms with van der Waals surface area (Å²) in [7, 11) is -3.58. The number of aromatic hydroxyl groups is 1. The molecule has 4 rings (SSSR count). The third-order valence-electron chi connectivity index (χ3n) is 4.91. The summed E-state index contributed by atoms with van der Waals surface area (Å²) < 4.78 is 26.5. The van der Waals surface area contributed by atoms with Gasteiger partial charge in [-0.3, -0.25) is 9.48 Å². The van der Waals surface area contributed by atoms with Crippen molar-refractivity contribution < 1.29 is 18.3 Å². The van der Waals surface area contributed by atoms with Crippen LogP contribution in [0.15, 0.2) is 71.8 Å². The van der Waals surface area contributed by atoms with Crippen LogP contribution in [-0.4, -0.2) is 35.5 Å². The van der Waals surface area contributed by atoms with Gasteiger partial charge in [0.25, 0.3) is 0 Å². The molecule has 0 aliphatic carbocycles. The maximum absolute atomic E-state index is 12.5. The molecule has 9 heteroatoms. The van der Waals surface area contributed by atoms with Crippen LogP contribution in [0.25, 0.3) is 10.9 Å². The van der Waals surface area contributed by atoms with Gasteiger partial charge in [0.1, 0.15) is 5.75 Å². The Labute approximate surface area is 190 Å². The van der Waals surface area contributed by atoms with Gasteiger partial charge in [-0.1, -0.05) is 41.9 Å². The van der Waals surface area contributed by atoms with Crippen LogP contribution >= 0.6 is 11.6 Å². The Morgan fingerprint density at radius 1 is 1.12 bits per heavy atom. The third kappa shape index (κ3) is 4.92. The Hall–Kier alpha value is -3.36. The van der Waals surface area contributed by atoms with Crippen LogP contribution < -0.4 is 5.32 Å². The van der Waals surface area contributed by atoms with E-state index in [1.165, 1.54) is 6.07 Å². The van der Waals surface area contributed by atoms with E-state index in [9.17, 15) is 18.3 Å². The van der Waals surface area contributed by atoms with Crippen molar-refractivity contribution in [3.8, 4) is 5.75 Å². The van der Waals surface area contributed by atoms with E-state index in [1.807, 2.05) is 0 Å². The zero-order valence-corrected chi connectivity index (χ0v) is 18.7. The molecule has 32 heavy (non-hydrogen) atoms. The second-order valence-electron chi connectivity index (χ2n) is 7.49. The van der Waals surface area contributed by atoms with Gasteiger partial charge < -0.3 is 10.4 Å². The maximum atomic E-state index is 12.5. The lowest BCUT2D eigenvalue weighted by atomic mass is 10.1. The van der Waals surface area contributed by atoms with Crippen LogP contribution in [-0.2, 0) is 27.6 Å². The Bertz CT molecular complexity index is 1410. The molecule has 0 aliphatic rings. The number of aromatic nitrogens is 2. The van der Waals surface area contributed by atoms with Crippen LogP contribution in [0.5, 0.6) is 5.75 Å². The average Bonchev–Trinajstić information content (AvgIpc) is 3.12. The van der Waals surface area contributed by atoms with Crippen molar-refractivity contribution in [3.63, 3.8) is 0 Å². The topological polar surface area (TPSA) is 101 Å². The number of hydrogen-bond donors (Lipinski definition) is 2. The fourth-order valence-corrected chi connectivity index (χ4v) is 4.51. The lowest BCUT2D eigenvalue weighted by Crippen LogP contribution is -2.15. The first kappa shape index (κ1) is 21.9. The van der Waals surface area contributed by atoms with Gasteiger partial charge in [0, 0.05) is 28.5 Å². The highest BCUT2D eigenvalue weighted by atomic mass is 35.5. The number of anilines is 1. The maximum Gasteiger partial charge on any atom is 0.228 e. The molecule has 0 radical (unpaired) electrons. The summed E-state index contributed by atoms with van der Waals surface area (Å²) in [6.45, 7) is 0.395. The number of halogens is 1. The smallest absolute Gasteiger partial charge is 0.228 e. The fourth-order valence-electron chi connectivity index (χ4n) is 3.41. The number of carbonyl (C=O) groups excluding carboxylic acids is 1. The first-order valence-corrected chi connectivity index (χ1v) is 12.0. The second kappa shape index (κ2) is 8.64. The van der Waals surface area contributed by atoms with Gasteiger partial charge in [-0.25, -0.2) is 8.42 Å². The van der Waals surface area contributed by atoms with Crippen molar-refractivity contribution >= 4 is 43.9 Å². The number of phenols is 1. The number of benzene rings is 3. The quantitative estimate of drug-likeness (QED) is 0.444. The molecule has 0 saturated carbocycles. The summed E-state index contributed by atoms with van der Waals surface area (Å²) >= 11 is 6.13. The van der Waals surface area contributed by atoms with Crippen molar-refractivity contribution in [2.45, 2.75) is 17.9 Å². The lowest BCUT2D eigenvalue weighted by Gasteiger charge is -2.09. The van der Waals surface area contributed by atoms with Crippen molar-refractivity contribution in [1.82, 2.24) is 9.78 Å². The molecule has 0 saturated heterocycles. The van der Waals surface area contributed by atoms with E-state index in [2.05, 4.69) is 10.4 Å². The van der Waals surface area contributed by atoms with E-state index in [4.69, 9.17) is 11.6 Å². The Kier molecular flexibility index (Phi) is 5.90. The number of nitrogens with one attached hydrogen (secondary N) is 1. The highest BCUT2D eigenvalue weighted by Crippen LogP contribution is 2.28. The van der Waals surface area contributed by atoms with E-state index >= 15 is 0 Å². The van der Waals surface area contributed by atoms with Crippen molar-refractivity contribution in [1.29, 1.82) is 0 Å². The van der Waals surface area contributed by atoms with Gasteiger partial charge in [-0.05, 0) is 41.5 Å². The molecular weight excluding hydrogens is 450 g/mol. The second-order valence-corrected chi connectivity index (χ2v) is 9.88. The summed E-state index contributed by atoms with van der Waals surface area (Å²) in [6, 6.07) is 16.8. The minimum absolute atomic E-state index is 0.0568. The first-order chi connectivity index (χ1) is 15.2. The summed E-state index contributed by atoms with van der Waals surface area (Å²) in [5.41, 5.74) is 2.35. The molecule has 1 heterocycles. The summed E-state index contributed by atoms with van der Waals surface area (Å²) in [5.74, 6) is -0.156. The van der Waals surface area contributed by atoms with Gasteiger partial charge in [0.05, 0.1) is 23.4 Å². The molecule has 2 N–H and O–H groups in total. The van der Waals surface area contributed by atoms with Crippen LogP contribution in [0.1, 0.15) is 11.1 Å². The predicted molar refractivity (Wildman–Crippen MR) is 124 cm³/mol. The van der Waals surface area contributed by atoms with Gasteiger partial charge in [-0.15, -0.1) is 0 Å². The summed E-state index contributed by atoms with van der Waals surface area (Å²) in [6.07, 6.45) is 2.84. The normalized spacial score (nSPS) is 11.6. The van der Waals surface area contributed by atoms with Crippen LogP contribution in [0, 0.1) is 0 Å². The summed E-state index contributed by atoms with van der Waals surface area (Å²) in [4.78, 5) is 12.6. The number of hydrogen-bond acceptors (Lipinski definition) is 5. The minimum Gasteiger partial charge on any atom is -0.508 e. The van der Waals surface area contributed by atoms with E-state index in [0.29, 0.717) is 33.7 Å². The molecular formula is C23H20ClN3O4S. The number of amides is 1. The van der Waals surface area contributed by atoms with E-state index < -0.39 is 9.84 Å². The molecule has 4 aromatic rings. The molecule has 1 amide bonds. The molecule has 0 aliphatic heterocycles. The minimum atomic E-state index is -3.58. The number of fused-ring (bicyclic) bond motifs is 1.